The topological polar surface area (TPSA) is 8.88 Å². The molecule has 0 unspecified atom stereocenters. The maximum absolute atomic E-state index is 13.8. The molecule has 4 rings (SSSR count). The minimum Gasteiger partial charge on any atom is -0.322 e. The molecule has 0 aromatic heterocycles. The summed E-state index contributed by atoms with van der Waals surface area (Å²) in [5.74, 6) is -0.0690. The Labute approximate surface area is 148 Å². The van der Waals surface area contributed by atoms with E-state index in [1.807, 2.05) is 12.1 Å². The Morgan fingerprint density at radius 1 is 0.640 bits per heavy atom. The smallest absolute Gasteiger partial charge is 0.132 e. The highest BCUT2D eigenvalue weighted by Gasteiger charge is 2.24. The van der Waals surface area contributed by atoms with Crippen LogP contribution in [-0.4, -0.2) is 26.2 Å². The minimum absolute atomic E-state index is 0.0690. The van der Waals surface area contributed by atoms with Crippen molar-refractivity contribution in [2.24, 2.45) is 0 Å². The fraction of sp³-hybridized carbons (Fsp3) is 0.273. The van der Waals surface area contributed by atoms with Crippen molar-refractivity contribution < 1.29 is 14.2 Å². The first-order valence-electron chi connectivity index (χ1n) is 9.17. The number of fused-ring (bicyclic) bond motifs is 1. The maximum atomic E-state index is 13.8. The van der Waals surface area contributed by atoms with Crippen molar-refractivity contribution in [3.8, 4) is 0 Å². The Kier molecular flexibility index (Phi) is 4.77. The highest BCUT2D eigenvalue weighted by atomic mass is 19.1. The molecule has 0 amide bonds. The van der Waals surface area contributed by atoms with Crippen molar-refractivity contribution in [1.82, 2.24) is 0 Å². The molecule has 1 aliphatic rings. The summed E-state index contributed by atoms with van der Waals surface area (Å²) in [6.07, 6.45) is 0. The van der Waals surface area contributed by atoms with E-state index >= 15 is 0 Å². The lowest BCUT2D eigenvalue weighted by atomic mass is 10.0. The summed E-state index contributed by atoms with van der Waals surface area (Å²) < 4.78 is 13.8. The van der Waals surface area contributed by atoms with Crippen LogP contribution in [0.4, 0.5) is 4.39 Å². The molecule has 3 aromatic carbocycles. The zero-order chi connectivity index (χ0) is 17.1. The van der Waals surface area contributed by atoms with Gasteiger partial charge in [-0.2, -0.15) is 0 Å². The van der Waals surface area contributed by atoms with Gasteiger partial charge in [-0.1, -0.05) is 60.7 Å². The predicted octanol–water partition coefficient (Wildman–Crippen LogP) is 1.46. The summed E-state index contributed by atoms with van der Waals surface area (Å²) in [5, 5.41) is 2.70. The van der Waals surface area contributed by atoms with Crippen LogP contribution in [0.25, 0.3) is 10.8 Å². The lowest BCUT2D eigenvalue weighted by molar-refractivity contribution is -1.02. The second-order valence-corrected chi connectivity index (χ2v) is 7.08. The molecule has 3 heteroatoms. The Morgan fingerprint density at radius 2 is 1.20 bits per heavy atom. The Morgan fingerprint density at radius 3 is 1.96 bits per heavy atom. The molecule has 0 aliphatic carbocycles. The minimum atomic E-state index is -0.0690. The average molecular weight is 336 g/mol. The third-order valence-electron chi connectivity index (χ3n) is 5.38. The maximum Gasteiger partial charge on any atom is 0.132 e. The fourth-order valence-corrected chi connectivity index (χ4v) is 3.94. The fourth-order valence-electron chi connectivity index (χ4n) is 3.94. The number of hydrogen-bond donors (Lipinski definition) is 2. The van der Waals surface area contributed by atoms with E-state index in [-0.39, 0.29) is 5.82 Å². The van der Waals surface area contributed by atoms with Gasteiger partial charge in [-0.15, -0.1) is 0 Å². The molecule has 1 saturated heterocycles. The van der Waals surface area contributed by atoms with E-state index in [0.29, 0.717) is 0 Å². The monoisotopic (exact) mass is 336 g/mol. The molecule has 0 radical (unpaired) electrons. The van der Waals surface area contributed by atoms with Crippen molar-refractivity contribution >= 4 is 10.8 Å². The summed E-state index contributed by atoms with van der Waals surface area (Å²) in [6.45, 7) is 6.38. The molecule has 1 aliphatic heterocycles. The number of halogens is 1. The number of hydrogen-bond acceptors (Lipinski definition) is 0. The van der Waals surface area contributed by atoms with Gasteiger partial charge in [0, 0.05) is 11.1 Å². The van der Waals surface area contributed by atoms with E-state index in [4.69, 9.17) is 0 Å². The van der Waals surface area contributed by atoms with E-state index in [9.17, 15) is 4.39 Å². The molecule has 128 valence electrons. The standard InChI is InChI=1S/C22H23FN2/c23-22-11-4-2-7-20(22)17-25-14-12-24(13-15-25)16-19-9-5-8-18-6-1-3-10-21(18)19/h1-11H,12-17H2/p+2. The summed E-state index contributed by atoms with van der Waals surface area (Å²) in [6, 6.07) is 22.4. The average Bonchev–Trinajstić information content (AvgIpc) is 2.65. The van der Waals surface area contributed by atoms with Gasteiger partial charge in [0.2, 0.25) is 0 Å². The van der Waals surface area contributed by atoms with Gasteiger partial charge in [0.05, 0.1) is 0 Å². The van der Waals surface area contributed by atoms with Gasteiger partial charge in [0.15, 0.2) is 0 Å². The van der Waals surface area contributed by atoms with E-state index < -0.39 is 0 Å². The van der Waals surface area contributed by atoms with Gasteiger partial charge in [-0.25, -0.2) is 4.39 Å². The lowest BCUT2D eigenvalue weighted by Crippen LogP contribution is -3.27. The van der Waals surface area contributed by atoms with Crippen molar-refractivity contribution in [3.05, 3.63) is 83.7 Å². The van der Waals surface area contributed by atoms with E-state index in [1.165, 1.54) is 21.2 Å². The number of piperazine rings is 1. The first-order chi connectivity index (χ1) is 12.3. The molecule has 2 nitrogen and oxygen atoms in total. The Bertz CT molecular complexity index is 848. The van der Waals surface area contributed by atoms with Crippen LogP contribution in [0.3, 0.4) is 0 Å². The van der Waals surface area contributed by atoms with E-state index in [0.717, 1.165) is 44.8 Å². The van der Waals surface area contributed by atoms with Gasteiger partial charge < -0.3 is 9.80 Å². The number of benzene rings is 3. The van der Waals surface area contributed by atoms with E-state index in [1.54, 1.807) is 17.0 Å². The van der Waals surface area contributed by atoms with Crippen LogP contribution in [-0.2, 0) is 13.1 Å². The molecule has 25 heavy (non-hydrogen) atoms. The molecule has 0 bridgehead atoms. The van der Waals surface area contributed by atoms with Gasteiger partial charge >= 0.3 is 0 Å². The normalized spacial score (nSPS) is 20.7. The molecule has 0 atom stereocenters. The molecule has 0 saturated carbocycles. The Hall–Kier alpha value is -2.23. The summed E-state index contributed by atoms with van der Waals surface area (Å²) >= 11 is 0. The van der Waals surface area contributed by atoms with Gasteiger partial charge in [0.25, 0.3) is 0 Å². The van der Waals surface area contributed by atoms with Crippen LogP contribution in [0.5, 0.6) is 0 Å². The third kappa shape index (κ3) is 3.73. The predicted molar refractivity (Wildman–Crippen MR) is 99.1 cm³/mol. The van der Waals surface area contributed by atoms with Crippen molar-refractivity contribution in [1.29, 1.82) is 0 Å². The first-order valence-corrected chi connectivity index (χ1v) is 9.17. The quantitative estimate of drug-likeness (QED) is 0.714. The lowest BCUT2D eigenvalue weighted by Gasteiger charge is -2.30. The number of rotatable bonds is 4. The SMILES string of the molecule is Fc1ccccc1C[NH+]1CC[NH+](Cc2cccc3ccccc23)CC1. The van der Waals surface area contributed by atoms with Crippen LogP contribution in [0.1, 0.15) is 11.1 Å². The second kappa shape index (κ2) is 7.34. The van der Waals surface area contributed by atoms with Crippen LogP contribution < -0.4 is 9.80 Å². The van der Waals surface area contributed by atoms with Crippen LogP contribution >= 0.6 is 0 Å². The first kappa shape index (κ1) is 16.2. The molecular weight excluding hydrogens is 311 g/mol. The number of quaternary nitrogens is 2. The van der Waals surface area contributed by atoms with Crippen LogP contribution in [0.2, 0.25) is 0 Å². The molecule has 2 N–H and O–H groups in total. The van der Waals surface area contributed by atoms with Gasteiger partial charge in [0.1, 0.15) is 45.1 Å². The molecule has 0 spiro atoms. The third-order valence-corrected chi connectivity index (χ3v) is 5.38. The number of nitrogens with one attached hydrogen (secondary N) is 2. The molecule has 3 aromatic rings. The van der Waals surface area contributed by atoms with Crippen LogP contribution in [0.15, 0.2) is 66.7 Å². The zero-order valence-electron chi connectivity index (χ0n) is 14.5. The highest BCUT2D eigenvalue weighted by molar-refractivity contribution is 5.85. The van der Waals surface area contributed by atoms with Gasteiger partial charge in [-0.05, 0) is 16.8 Å². The zero-order valence-corrected chi connectivity index (χ0v) is 14.5. The van der Waals surface area contributed by atoms with Crippen molar-refractivity contribution in [3.63, 3.8) is 0 Å². The molecule has 1 heterocycles. The van der Waals surface area contributed by atoms with Crippen molar-refractivity contribution in [2.45, 2.75) is 13.1 Å². The Balaban J connectivity index is 1.38. The summed E-state index contributed by atoms with van der Waals surface area (Å²) in [5.41, 5.74) is 2.28. The largest absolute Gasteiger partial charge is 0.322 e. The summed E-state index contributed by atoms with van der Waals surface area (Å²) in [7, 11) is 0. The summed E-state index contributed by atoms with van der Waals surface area (Å²) in [4.78, 5) is 3.13. The van der Waals surface area contributed by atoms with E-state index in [2.05, 4.69) is 42.5 Å². The van der Waals surface area contributed by atoms with Crippen LogP contribution in [0, 0.1) is 5.82 Å². The van der Waals surface area contributed by atoms with Crippen molar-refractivity contribution in [2.75, 3.05) is 26.2 Å². The van der Waals surface area contributed by atoms with Gasteiger partial charge in [-0.3, -0.25) is 0 Å². The molecular formula is C22H25FN2+2. The second-order valence-electron chi connectivity index (χ2n) is 7.08. The molecule has 1 fully saturated rings. The highest BCUT2D eigenvalue weighted by Crippen LogP contribution is 2.17.